The van der Waals surface area contributed by atoms with Gasteiger partial charge in [0.1, 0.15) is 0 Å². The minimum atomic E-state index is -2.34. The molecule has 12 heteroatoms. The van der Waals surface area contributed by atoms with Crippen molar-refractivity contribution in [1.82, 2.24) is 0 Å². The largest absolute Gasteiger partial charge is 0.420 e. The van der Waals surface area contributed by atoms with E-state index < -0.39 is 47.2 Å². The highest BCUT2D eigenvalue weighted by molar-refractivity contribution is 5.72. The normalized spacial score (nSPS) is 11.1. The van der Waals surface area contributed by atoms with Gasteiger partial charge in [-0.05, 0) is 0 Å². The molecule has 0 aliphatic heterocycles. The van der Waals surface area contributed by atoms with Crippen LogP contribution in [0.1, 0.15) is 6.42 Å². The summed E-state index contributed by atoms with van der Waals surface area (Å²) < 4.78 is 90.2. The number of carbonyl (C=O) groups excluding carboxylic acids is 1. The van der Waals surface area contributed by atoms with Gasteiger partial charge in [-0.2, -0.15) is 8.78 Å². The Balaban J connectivity index is 2.13. The standard InChI is InChI=1S/C17H21F5O7/c18-12-13(19)15(21)17(16(22)14(12)20)29-11(24)1-3-25-5-7-27-9-10-28-8-6-26-4-2-23/h23H,1-10H2. The zero-order valence-corrected chi connectivity index (χ0v) is 15.4. The molecule has 0 aromatic heterocycles. The molecule has 0 aliphatic rings. The molecule has 0 bridgehead atoms. The van der Waals surface area contributed by atoms with Crippen LogP contribution in [0, 0.1) is 29.1 Å². The maximum atomic E-state index is 13.4. The average Bonchev–Trinajstić information content (AvgIpc) is 2.71. The first-order valence-corrected chi connectivity index (χ1v) is 8.54. The molecule has 0 radical (unpaired) electrons. The van der Waals surface area contributed by atoms with E-state index in [0.717, 1.165) is 0 Å². The molecule has 0 unspecified atom stereocenters. The minimum Gasteiger partial charge on any atom is -0.420 e. The quantitative estimate of drug-likeness (QED) is 0.113. The lowest BCUT2D eigenvalue weighted by atomic mass is 10.2. The second kappa shape index (κ2) is 14.2. The number of hydrogen-bond donors (Lipinski definition) is 1. The van der Waals surface area contributed by atoms with Crippen molar-refractivity contribution in [2.75, 3.05) is 59.5 Å². The summed E-state index contributed by atoms with van der Waals surface area (Å²) in [5.74, 6) is -14.1. The molecule has 166 valence electrons. The van der Waals surface area contributed by atoms with Crippen molar-refractivity contribution in [2.24, 2.45) is 0 Å². The predicted octanol–water partition coefficient (Wildman–Crippen LogP) is 1.74. The van der Waals surface area contributed by atoms with E-state index >= 15 is 0 Å². The Bertz CT molecular complexity index is 616. The Morgan fingerprint density at radius 2 is 1.00 bits per heavy atom. The second-order valence-electron chi connectivity index (χ2n) is 5.30. The lowest BCUT2D eigenvalue weighted by Crippen LogP contribution is -2.16. The van der Waals surface area contributed by atoms with Gasteiger partial charge < -0.3 is 28.8 Å². The number of rotatable bonds is 15. The summed E-state index contributed by atoms with van der Waals surface area (Å²) in [6.45, 7) is 1.55. The highest BCUT2D eigenvalue weighted by Crippen LogP contribution is 2.29. The summed E-state index contributed by atoms with van der Waals surface area (Å²) in [6, 6.07) is 0. The maximum absolute atomic E-state index is 13.4. The van der Waals surface area contributed by atoms with Crippen molar-refractivity contribution in [3.63, 3.8) is 0 Å². The second-order valence-corrected chi connectivity index (χ2v) is 5.30. The Morgan fingerprint density at radius 3 is 1.45 bits per heavy atom. The van der Waals surface area contributed by atoms with Gasteiger partial charge in [-0.1, -0.05) is 0 Å². The number of hydrogen-bond acceptors (Lipinski definition) is 7. The van der Waals surface area contributed by atoms with E-state index in [0.29, 0.717) is 19.8 Å². The Labute approximate surface area is 163 Å². The Hall–Kier alpha value is -1.86. The van der Waals surface area contributed by atoms with Gasteiger partial charge in [0.2, 0.25) is 34.8 Å². The zero-order valence-electron chi connectivity index (χ0n) is 15.4. The van der Waals surface area contributed by atoms with Crippen molar-refractivity contribution in [3.8, 4) is 5.75 Å². The molecule has 0 heterocycles. The molecule has 1 aromatic rings. The van der Waals surface area contributed by atoms with Gasteiger partial charge in [0.25, 0.3) is 0 Å². The molecule has 0 saturated carbocycles. The molecule has 7 nitrogen and oxygen atoms in total. The van der Waals surface area contributed by atoms with E-state index in [1.165, 1.54) is 0 Å². The van der Waals surface area contributed by atoms with E-state index in [2.05, 4.69) is 4.74 Å². The number of benzene rings is 1. The predicted molar refractivity (Wildman–Crippen MR) is 86.8 cm³/mol. The fourth-order valence-electron chi connectivity index (χ4n) is 1.82. The molecule has 0 fully saturated rings. The van der Waals surface area contributed by atoms with Crippen molar-refractivity contribution in [3.05, 3.63) is 29.1 Å². The van der Waals surface area contributed by atoms with Gasteiger partial charge in [-0.15, -0.1) is 0 Å². The van der Waals surface area contributed by atoms with Gasteiger partial charge in [0, 0.05) is 0 Å². The molecule has 1 rings (SSSR count). The molecule has 0 saturated heterocycles. The molecule has 1 aromatic carbocycles. The van der Waals surface area contributed by atoms with Crippen LogP contribution in [0.4, 0.5) is 22.0 Å². The van der Waals surface area contributed by atoms with Crippen LogP contribution in [0.5, 0.6) is 5.75 Å². The van der Waals surface area contributed by atoms with Crippen LogP contribution in [-0.4, -0.2) is 70.5 Å². The number of ether oxygens (including phenoxy) is 5. The van der Waals surface area contributed by atoms with E-state index in [1.54, 1.807) is 0 Å². The van der Waals surface area contributed by atoms with Crippen LogP contribution in [0.2, 0.25) is 0 Å². The third-order valence-electron chi connectivity index (χ3n) is 3.19. The topological polar surface area (TPSA) is 83.5 Å². The number of aliphatic hydroxyl groups excluding tert-OH is 1. The number of halogens is 5. The van der Waals surface area contributed by atoms with Crippen LogP contribution in [0.15, 0.2) is 0 Å². The zero-order chi connectivity index (χ0) is 21.6. The highest BCUT2D eigenvalue weighted by Gasteiger charge is 2.28. The first-order chi connectivity index (χ1) is 13.9. The number of aliphatic hydroxyl groups is 1. The maximum Gasteiger partial charge on any atom is 0.313 e. The van der Waals surface area contributed by atoms with E-state index in [4.69, 9.17) is 24.1 Å². The van der Waals surface area contributed by atoms with Crippen molar-refractivity contribution < 1.29 is 55.5 Å². The van der Waals surface area contributed by atoms with Gasteiger partial charge in [-0.3, -0.25) is 4.79 Å². The first kappa shape index (κ1) is 25.2. The first-order valence-electron chi connectivity index (χ1n) is 8.54. The smallest absolute Gasteiger partial charge is 0.313 e. The van der Waals surface area contributed by atoms with E-state index in [9.17, 15) is 26.7 Å². The Morgan fingerprint density at radius 1 is 0.621 bits per heavy atom. The van der Waals surface area contributed by atoms with Gasteiger partial charge in [0.15, 0.2) is 0 Å². The number of esters is 1. The summed E-state index contributed by atoms with van der Waals surface area (Å²) >= 11 is 0. The third kappa shape index (κ3) is 9.00. The fourth-order valence-corrected chi connectivity index (χ4v) is 1.82. The Kier molecular flexibility index (Phi) is 12.3. The van der Waals surface area contributed by atoms with E-state index in [-0.39, 0.29) is 39.6 Å². The lowest BCUT2D eigenvalue weighted by molar-refractivity contribution is -0.136. The van der Waals surface area contributed by atoms with Crippen molar-refractivity contribution in [2.45, 2.75) is 6.42 Å². The summed E-state index contributed by atoms with van der Waals surface area (Å²) in [4.78, 5) is 11.5. The van der Waals surface area contributed by atoms with Crippen LogP contribution in [0.3, 0.4) is 0 Å². The van der Waals surface area contributed by atoms with Crippen LogP contribution >= 0.6 is 0 Å². The molecule has 0 aliphatic carbocycles. The SMILES string of the molecule is O=C(CCOCCOCCOCCOCCO)Oc1c(F)c(F)c(F)c(F)c1F. The minimum absolute atomic E-state index is 0.0576. The fraction of sp³-hybridized carbons (Fsp3) is 0.588. The summed E-state index contributed by atoms with van der Waals surface area (Å²) in [5.41, 5.74) is 0. The lowest BCUT2D eigenvalue weighted by Gasteiger charge is -2.09. The van der Waals surface area contributed by atoms with Gasteiger partial charge in [0.05, 0.1) is 65.9 Å². The van der Waals surface area contributed by atoms with Crippen LogP contribution < -0.4 is 4.74 Å². The number of carbonyl (C=O) groups is 1. The van der Waals surface area contributed by atoms with E-state index in [1.807, 2.05) is 0 Å². The summed E-state index contributed by atoms with van der Waals surface area (Å²) in [5, 5.41) is 8.48. The molecular weight excluding hydrogens is 411 g/mol. The molecule has 0 amide bonds. The van der Waals surface area contributed by atoms with Gasteiger partial charge in [-0.25, -0.2) is 13.2 Å². The van der Waals surface area contributed by atoms with Crippen LogP contribution in [-0.2, 0) is 23.7 Å². The monoisotopic (exact) mass is 432 g/mol. The van der Waals surface area contributed by atoms with Crippen molar-refractivity contribution >= 4 is 5.97 Å². The summed E-state index contributed by atoms with van der Waals surface area (Å²) in [7, 11) is 0. The molecule has 0 atom stereocenters. The van der Waals surface area contributed by atoms with Gasteiger partial charge >= 0.3 is 5.97 Å². The molecule has 1 N–H and O–H groups in total. The highest BCUT2D eigenvalue weighted by atomic mass is 19.2. The average molecular weight is 432 g/mol. The summed E-state index contributed by atoms with van der Waals surface area (Å²) in [6.07, 6.45) is -0.476. The molecule has 29 heavy (non-hydrogen) atoms. The third-order valence-corrected chi connectivity index (χ3v) is 3.19. The van der Waals surface area contributed by atoms with Crippen molar-refractivity contribution in [1.29, 1.82) is 0 Å². The van der Waals surface area contributed by atoms with Crippen LogP contribution in [0.25, 0.3) is 0 Å². The molecular formula is C17H21F5O7. The molecule has 0 spiro atoms.